The molecule has 1 heterocycles. The normalized spacial score (nSPS) is 12.2. The Morgan fingerprint density at radius 3 is 2.62 bits per heavy atom. The molecule has 1 unspecified atom stereocenters. The fourth-order valence-corrected chi connectivity index (χ4v) is 2.97. The highest BCUT2D eigenvalue weighted by atomic mass is 127. The van der Waals surface area contributed by atoms with Gasteiger partial charge in [0.2, 0.25) is 0 Å². The molecule has 29 heavy (non-hydrogen) atoms. The second-order valence-corrected chi connectivity index (χ2v) is 7.00. The van der Waals surface area contributed by atoms with Crippen molar-refractivity contribution in [1.29, 1.82) is 0 Å². The molecule has 1 atom stereocenters. The molecule has 0 aliphatic rings. The van der Waals surface area contributed by atoms with E-state index in [2.05, 4.69) is 15.6 Å². The van der Waals surface area contributed by atoms with Gasteiger partial charge in [0, 0.05) is 31.4 Å². The van der Waals surface area contributed by atoms with Crippen molar-refractivity contribution < 1.29 is 4.39 Å². The van der Waals surface area contributed by atoms with Gasteiger partial charge in [-0.25, -0.2) is 4.39 Å². The van der Waals surface area contributed by atoms with Crippen molar-refractivity contribution in [3.8, 4) is 0 Å². The van der Waals surface area contributed by atoms with E-state index in [0.717, 1.165) is 30.6 Å². The topological polar surface area (TPSA) is 58.4 Å². The summed E-state index contributed by atoms with van der Waals surface area (Å²) < 4.78 is 15.6. The second-order valence-electron chi connectivity index (χ2n) is 7.00. The number of aryl methyl sites for hydroxylation is 2. The van der Waals surface area contributed by atoms with E-state index in [1.807, 2.05) is 32.9 Å². The molecule has 0 saturated heterocycles. The standard InChI is InChI=1S/C22H31FN4O.HI/c1-5-24-22(26-18(4)19-12-11-16(2)20(23)15-19)25-13-6-7-14-27-17(3)9-8-10-21(27)28;/h8-12,15,18H,5-7,13-14H2,1-4H3,(H2,24,25,26);1H. The minimum absolute atomic E-state index is 0. The van der Waals surface area contributed by atoms with E-state index in [0.29, 0.717) is 24.6 Å². The first-order valence-electron chi connectivity index (χ1n) is 9.89. The van der Waals surface area contributed by atoms with E-state index in [-0.39, 0.29) is 41.4 Å². The van der Waals surface area contributed by atoms with E-state index in [4.69, 9.17) is 0 Å². The first-order chi connectivity index (χ1) is 13.4. The van der Waals surface area contributed by atoms with E-state index in [9.17, 15) is 9.18 Å². The molecule has 2 aromatic rings. The van der Waals surface area contributed by atoms with Crippen molar-refractivity contribution in [1.82, 2.24) is 15.2 Å². The van der Waals surface area contributed by atoms with Gasteiger partial charge in [-0.3, -0.25) is 9.79 Å². The molecule has 1 aromatic carbocycles. The zero-order valence-electron chi connectivity index (χ0n) is 17.7. The van der Waals surface area contributed by atoms with Crippen LogP contribution >= 0.6 is 24.0 Å². The number of nitrogens with zero attached hydrogens (tertiary/aromatic N) is 2. The summed E-state index contributed by atoms with van der Waals surface area (Å²) in [6.07, 6.45) is 1.76. The van der Waals surface area contributed by atoms with Crippen LogP contribution < -0.4 is 16.2 Å². The van der Waals surface area contributed by atoms with Crippen molar-refractivity contribution in [3.05, 3.63) is 69.4 Å². The lowest BCUT2D eigenvalue weighted by molar-refractivity contribution is 0.584. The largest absolute Gasteiger partial charge is 0.357 e. The number of benzene rings is 1. The quantitative estimate of drug-likeness (QED) is 0.239. The number of rotatable bonds is 8. The summed E-state index contributed by atoms with van der Waals surface area (Å²) >= 11 is 0. The third kappa shape index (κ3) is 7.79. The fraction of sp³-hybridized carbons (Fsp3) is 0.455. The zero-order chi connectivity index (χ0) is 20.5. The summed E-state index contributed by atoms with van der Waals surface area (Å²) in [5.74, 6) is 0.517. The first-order valence-corrected chi connectivity index (χ1v) is 9.89. The molecule has 2 rings (SSSR count). The molecule has 2 N–H and O–H groups in total. The first kappa shape index (κ1) is 25.1. The van der Waals surface area contributed by atoms with Crippen LogP contribution in [0.3, 0.4) is 0 Å². The van der Waals surface area contributed by atoms with Gasteiger partial charge in [0.1, 0.15) is 5.82 Å². The monoisotopic (exact) mass is 514 g/mol. The van der Waals surface area contributed by atoms with Gasteiger partial charge < -0.3 is 15.2 Å². The number of aliphatic imine (C=N–C) groups is 1. The Morgan fingerprint density at radius 2 is 1.97 bits per heavy atom. The second kappa shape index (κ2) is 12.6. The number of aromatic nitrogens is 1. The molecule has 0 aliphatic heterocycles. The SMILES string of the molecule is CCNC(=NCCCCn1c(C)cccc1=O)NC(C)c1ccc(C)c(F)c1.I. The maximum atomic E-state index is 13.8. The van der Waals surface area contributed by atoms with Crippen LogP contribution in [0.2, 0.25) is 0 Å². The summed E-state index contributed by atoms with van der Waals surface area (Å²) in [6, 6.07) is 10.6. The number of halogens is 2. The van der Waals surface area contributed by atoms with E-state index < -0.39 is 0 Å². The Hall–Kier alpha value is -1.90. The lowest BCUT2D eigenvalue weighted by Crippen LogP contribution is -2.38. The predicted molar refractivity (Wildman–Crippen MR) is 129 cm³/mol. The molecular weight excluding hydrogens is 482 g/mol. The molecule has 7 heteroatoms. The van der Waals surface area contributed by atoms with Gasteiger partial charge in [-0.15, -0.1) is 24.0 Å². The van der Waals surface area contributed by atoms with Crippen molar-refractivity contribution in [3.63, 3.8) is 0 Å². The smallest absolute Gasteiger partial charge is 0.250 e. The summed E-state index contributed by atoms with van der Waals surface area (Å²) in [4.78, 5) is 16.5. The van der Waals surface area contributed by atoms with Gasteiger partial charge in [-0.05, 0) is 63.8 Å². The van der Waals surface area contributed by atoms with Crippen LogP contribution in [0.4, 0.5) is 4.39 Å². The highest BCUT2D eigenvalue weighted by Gasteiger charge is 2.09. The van der Waals surface area contributed by atoms with Crippen LogP contribution in [0.15, 0.2) is 46.2 Å². The van der Waals surface area contributed by atoms with Crippen LogP contribution in [0, 0.1) is 19.7 Å². The fourth-order valence-electron chi connectivity index (χ4n) is 2.97. The summed E-state index contributed by atoms with van der Waals surface area (Å²) in [6.45, 7) is 9.81. The Kier molecular flexibility index (Phi) is 10.9. The number of guanidine groups is 1. The summed E-state index contributed by atoms with van der Waals surface area (Å²) in [7, 11) is 0. The molecule has 5 nitrogen and oxygen atoms in total. The van der Waals surface area contributed by atoms with Gasteiger partial charge >= 0.3 is 0 Å². The molecule has 0 spiro atoms. The molecule has 0 radical (unpaired) electrons. The molecule has 0 bridgehead atoms. The van der Waals surface area contributed by atoms with Crippen LogP contribution in [0.1, 0.15) is 49.6 Å². The average molecular weight is 514 g/mol. The van der Waals surface area contributed by atoms with E-state index in [1.165, 1.54) is 0 Å². The summed E-state index contributed by atoms with van der Waals surface area (Å²) in [5.41, 5.74) is 2.54. The van der Waals surface area contributed by atoms with Gasteiger partial charge in [0.25, 0.3) is 5.56 Å². The molecule has 0 fully saturated rings. The number of unbranched alkanes of at least 4 members (excludes halogenated alkanes) is 1. The molecule has 1 aromatic heterocycles. The number of hydrogen-bond acceptors (Lipinski definition) is 2. The van der Waals surface area contributed by atoms with Crippen LogP contribution in [0.5, 0.6) is 0 Å². The van der Waals surface area contributed by atoms with Gasteiger partial charge in [-0.1, -0.05) is 18.2 Å². The Labute approximate surface area is 189 Å². The van der Waals surface area contributed by atoms with Crippen molar-refractivity contribution >= 4 is 29.9 Å². The van der Waals surface area contributed by atoms with Gasteiger partial charge in [0.05, 0.1) is 6.04 Å². The summed E-state index contributed by atoms with van der Waals surface area (Å²) in [5, 5.41) is 6.55. The molecule has 160 valence electrons. The highest BCUT2D eigenvalue weighted by Crippen LogP contribution is 2.16. The molecule has 0 aliphatic carbocycles. The molecule has 0 amide bonds. The minimum Gasteiger partial charge on any atom is -0.357 e. The maximum absolute atomic E-state index is 13.8. The third-order valence-corrected chi connectivity index (χ3v) is 4.72. The van der Waals surface area contributed by atoms with Crippen LogP contribution in [-0.2, 0) is 6.54 Å². The van der Waals surface area contributed by atoms with E-state index >= 15 is 0 Å². The molecular formula is C22H32FIN4O. The van der Waals surface area contributed by atoms with Gasteiger partial charge in [-0.2, -0.15) is 0 Å². The third-order valence-electron chi connectivity index (χ3n) is 4.72. The number of pyridine rings is 1. The molecule has 0 saturated carbocycles. The zero-order valence-corrected chi connectivity index (χ0v) is 20.0. The van der Waals surface area contributed by atoms with Gasteiger partial charge in [0.15, 0.2) is 5.96 Å². The van der Waals surface area contributed by atoms with E-state index in [1.54, 1.807) is 35.8 Å². The lowest BCUT2D eigenvalue weighted by Gasteiger charge is -2.18. The lowest BCUT2D eigenvalue weighted by atomic mass is 10.1. The minimum atomic E-state index is -0.195. The van der Waals surface area contributed by atoms with Crippen molar-refractivity contribution in [2.75, 3.05) is 13.1 Å². The Balaban J connectivity index is 0.00000420. The highest BCUT2D eigenvalue weighted by molar-refractivity contribution is 14.0. The predicted octanol–water partition coefficient (Wildman–Crippen LogP) is 4.32. The average Bonchev–Trinajstić information content (AvgIpc) is 2.65. The van der Waals surface area contributed by atoms with Crippen molar-refractivity contribution in [2.45, 2.75) is 53.1 Å². The van der Waals surface area contributed by atoms with Crippen LogP contribution in [0.25, 0.3) is 0 Å². The van der Waals surface area contributed by atoms with Crippen LogP contribution in [-0.4, -0.2) is 23.6 Å². The van der Waals surface area contributed by atoms with Crippen molar-refractivity contribution in [2.24, 2.45) is 4.99 Å². The Morgan fingerprint density at radius 1 is 1.21 bits per heavy atom. The number of nitrogens with one attached hydrogen (secondary N) is 2. The Bertz CT molecular complexity index is 866. The number of hydrogen-bond donors (Lipinski definition) is 2. The maximum Gasteiger partial charge on any atom is 0.250 e.